The summed E-state index contributed by atoms with van der Waals surface area (Å²) in [6.07, 6.45) is 2.46. The first kappa shape index (κ1) is 12.0. The molecule has 1 heterocycles. The van der Waals surface area contributed by atoms with Gasteiger partial charge in [-0.25, -0.2) is 9.18 Å². The molecule has 2 aromatic rings. The number of amides is 2. The molecule has 18 heavy (non-hydrogen) atoms. The van der Waals surface area contributed by atoms with Gasteiger partial charge in [-0.05, 0) is 5.56 Å². The third-order valence-corrected chi connectivity index (χ3v) is 2.26. The predicted octanol–water partition coefficient (Wildman–Crippen LogP) is 2.54. The van der Waals surface area contributed by atoms with Gasteiger partial charge in [0.25, 0.3) is 0 Å². The number of hydrogen-bond acceptors (Lipinski definition) is 2. The Labute approximate surface area is 104 Å². The number of carbonyl (C=O) groups excluding carboxylic acids is 1. The zero-order chi connectivity index (χ0) is 12.8. The molecule has 0 fully saturated rings. The highest BCUT2D eigenvalue weighted by Gasteiger charge is 2.02. The molecule has 5 heteroatoms. The van der Waals surface area contributed by atoms with Crippen molar-refractivity contribution in [1.82, 2.24) is 10.3 Å². The van der Waals surface area contributed by atoms with Crippen molar-refractivity contribution in [2.75, 3.05) is 5.32 Å². The Morgan fingerprint density at radius 3 is 2.72 bits per heavy atom. The minimum Gasteiger partial charge on any atom is -0.334 e. The molecule has 2 amide bonds. The summed E-state index contributed by atoms with van der Waals surface area (Å²) in [5, 5.41) is 5.17. The molecule has 1 aromatic heterocycles. The third kappa shape index (κ3) is 3.55. The second kappa shape index (κ2) is 5.77. The maximum absolute atomic E-state index is 12.8. The van der Waals surface area contributed by atoms with E-state index in [1.807, 2.05) is 30.3 Å². The van der Waals surface area contributed by atoms with Crippen LogP contribution in [0, 0.1) is 5.82 Å². The van der Waals surface area contributed by atoms with E-state index in [4.69, 9.17) is 0 Å². The molecular weight excluding hydrogens is 233 g/mol. The average Bonchev–Trinajstić information content (AvgIpc) is 2.38. The van der Waals surface area contributed by atoms with Crippen LogP contribution in [0.25, 0.3) is 0 Å². The van der Waals surface area contributed by atoms with Crippen LogP contribution < -0.4 is 10.6 Å². The van der Waals surface area contributed by atoms with Crippen LogP contribution in [0.2, 0.25) is 0 Å². The lowest BCUT2D eigenvalue weighted by Crippen LogP contribution is -2.28. The van der Waals surface area contributed by atoms with Crippen LogP contribution in [-0.4, -0.2) is 11.0 Å². The van der Waals surface area contributed by atoms with Gasteiger partial charge in [0.15, 0.2) is 0 Å². The highest BCUT2D eigenvalue weighted by Crippen LogP contribution is 2.06. The minimum atomic E-state index is -0.490. The molecule has 0 saturated carbocycles. The number of carbonyl (C=O) groups is 1. The SMILES string of the molecule is O=C(NCc1ccccc1)Nc1cncc(F)c1. The summed E-state index contributed by atoms with van der Waals surface area (Å²) in [5.41, 5.74) is 1.31. The zero-order valence-electron chi connectivity index (χ0n) is 9.56. The number of benzene rings is 1. The topological polar surface area (TPSA) is 54.0 Å². The molecule has 0 aliphatic carbocycles. The molecule has 1 aromatic carbocycles. The molecule has 0 radical (unpaired) electrons. The van der Waals surface area contributed by atoms with Gasteiger partial charge in [0, 0.05) is 12.6 Å². The van der Waals surface area contributed by atoms with Crippen molar-refractivity contribution in [2.45, 2.75) is 6.54 Å². The molecule has 0 atom stereocenters. The second-order valence-electron chi connectivity index (χ2n) is 3.69. The monoisotopic (exact) mass is 245 g/mol. The number of nitrogens with one attached hydrogen (secondary N) is 2. The van der Waals surface area contributed by atoms with Crippen LogP contribution in [0.1, 0.15) is 5.56 Å². The summed E-state index contributed by atoms with van der Waals surface area (Å²) in [6.45, 7) is 0.412. The molecule has 2 rings (SSSR count). The Kier molecular flexibility index (Phi) is 3.86. The predicted molar refractivity (Wildman–Crippen MR) is 66.5 cm³/mol. The van der Waals surface area contributed by atoms with E-state index in [0.29, 0.717) is 12.2 Å². The number of aromatic nitrogens is 1. The van der Waals surface area contributed by atoms with E-state index in [-0.39, 0.29) is 0 Å². The number of rotatable bonds is 3. The lowest BCUT2D eigenvalue weighted by Gasteiger charge is -2.07. The van der Waals surface area contributed by atoms with Gasteiger partial charge in [-0.2, -0.15) is 0 Å². The summed E-state index contributed by atoms with van der Waals surface area (Å²) < 4.78 is 12.8. The zero-order valence-corrected chi connectivity index (χ0v) is 9.56. The van der Waals surface area contributed by atoms with Crippen LogP contribution in [-0.2, 0) is 6.54 Å². The van der Waals surface area contributed by atoms with Gasteiger partial charge in [-0.15, -0.1) is 0 Å². The molecule has 0 spiro atoms. The van der Waals surface area contributed by atoms with Crippen LogP contribution in [0.4, 0.5) is 14.9 Å². The maximum atomic E-state index is 12.8. The van der Waals surface area contributed by atoms with E-state index in [9.17, 15) is 9.18 Å². The van der Waals surface area contributed by atoms with E-state index in [1.54, 1.807) is 0 Å². The van der Waals surface area contributed by atoms with Crippen molar-refractivity contribution in [3.63, 3.8) is 0 Å². The van der Waals surface area contributed by atoms with Gasteiger partial charge < -0.3 is 10.6 Å². The normalized spacial score (nSPS) is 9.83. The fraction of sp³-hybridized carbons (Fsp3) is 0.0769. The first-order valence-electron chi connectivity index (χ1n) is 5.43. The van der Waals surface area contributed by atoms with Crippen molar-refractivity contribution in [3.8, 4) is 0 Å². The molecule has 92 valence electrons. The first-order valence-corrected chi connectivity index (χ1v) is 5.43. The van der Waals surface area contributed by atoms with Crippen molar-refractivity contribution in [3.05, 3.63) is 60.2 Å². The van der Waals surface area contributed by atoms with Gasteiger partial charge in [-0.3, -0.25) is 4.98 Å². The van der Waals surface area contributed by atoms with Crippen molar-refractivity contribution >= 4 is 11.7 Å². The molecule has 0 unspecified atom stereocenters. The Balaban J connectivity index is 1.86. The van der Waals surface area contributed by atoms with Gasteiger partial charge in [0.1, 0.15) is 5.82 Å². The fourth-order valence-corrected chi connectivity index (χ4v) is 1.43. The lowest BCUT2D eigenvalue weighted by atomic mass is 10.2. The highest BCUT2D eigenvalue weighted by molar-refractivity contribution is 5.88. The maximum Gasteiger partial charge on any atom is 0.319 e. The quantitative estimate of drug-likeness (QED) is 0.873. The Morgan fingerprint density at radius 1 is 1.22 bits per heavy atom. The number of urea groups is 1. The Bertz CT molecular complexity index is 531. The molecule has 4 nitrogen and oxygen atoms in total. The summed E-state index contributed by atoms with van der Waals surface area (Å²) >= 11 is 0. The molecule has 0 saturated heterocycles. The standard InChI is InChI=1S/C13H12FN3O/c14-11-6-12(9-15-8-11)17-13(18)16-7-10-4-2-1-3-5-10/h1-6,8-9H,7H2,(H2,16,17,18). The molecular formula is C13H12FN3O. The molecule has 0 aliphatic rings. The van der Waals surface area contributed by atoms with Gasteiger partial charge >= 0.3 is 6.03 Å². The van der Waals surface area contributed by atoms with Crippen LogP contribution in [0.15, 0.2) is 48.8 Å². The van der Waals surface area contributed by atoms with Crippen molar-refractivity contribution in [2.24, 2.45) is 0 Å². The lowest BCUT2D eigenvalue weighted by molar-refractivity contribution is 0.251. The minimum absolute atomic E-state index is 0.320. The number of halogens is 1. The Morgan fingerprint density at radius 2 is 2.00 bits per heavy atom. The van der Waals surface area contributed by atoms with E-state index in [1.165, 1.54) is 12.3 Å². The number of pyridine rings is 1. The molecule has 2 N–H and O–H groups in total. The van der Waals surface area contributed by atoms with E-state index in [0.717, 1.165) is 11.8 Å². The van der Waals surface area contributed by atoms with Crippen molar-refractivity contribution in [1.29, 1.82) is 0 Å². The van der Waals surface area contributed by atoms with Gasteiger partial charge in [-0.1, -0.05) is 30.3 Å². The highest BCUT2D eigenvalue weighted by atomic mass is 19.1. The number of hydrogen-bond donors (Lipinski definition) is 2. The summed E-state index contributed by atoms with van der Waals surface area (Å²) in [6, 6.07) is 10.3. The van der Waals surface area contributed by atoms with E-state index in [2.05, 4.69) is 15.6 Å². The summed E-state index contributed by atoms with van der Waals surface area (Å²) in [4.78, 5) is 15.2. The number of anilines is 1. The summed E-state index contributed by atoms with van der Waals surface area (Å²) in [7, 11) is 0. The Hall–Kier alpha value is -2.43. The average molecular weight is 245 g/mol. The third-order valence-electron chi connectivity index (χ3n) is 2.26. The second-order valence-corrected chi connectivity index (χ2v) is 3.69. The van der Waals surface area contributed by atoms with Crippen LogP contribution in [0.5, 0.6) is 0 Å². The molecule has 0 bridgehead atoms. The first-order chi connectivity index (χ1) is 8.74. The van der Waals surface area contributed by atoms with Crippen molar-refractivity contribution < 1.29 is 9.18 Å². The largest absolute Gasteiger partial charge is 0.334 e. The van der Waals surface area contributed by atoms with Gasteiger partial charge in [0.2, 0.25) is 0 Å². The van der Waals surface area contributed by atoms with Gasteiger partial charge in [0.05, 0.1) is 18.1 Å². The summed E-state index contributed by atoms with van der Waals surface area (Å²) in [5.74, 6) is -0.490. The van der Waals surface area contributed by atoms with E-state index >= 15 is 0 Å². The molecule has 0 aliphatic heterocycles. The number of nitrogens with zero attached hydrogens (tertiary/aromatic N) is 1. The van der Waals surface area contributed by atoms with E-state index < -0.39 is 11.8 Å². The van der Waals surface area contributed by atoms with Crippen LogP contribution in [0.3, 0.4) is 0 Å². The smallest absolute Gasteiger partial charge is 0.319 e. The fourth-order valence-electron chi connectivity index (χ4n) is 1.43. The van der Waals surface area contributed by atoms with Crippen LogP contribution >= 0.6 is 0 Å².